The third-order valence-corrected chi connectivity index (χ3v) is 3.71. The Morgan fingerprint density at radius 2 is 1.67 bits per heavy atom. The summed E-state index contributed by atoms with van der Waals surface area (Å²) in [5.41, 5.74) is 3.69. The predicted octanol–water partition coefficient (Wildman–Crippen LogP) is 3.68. The fourth-order valence-electron chi connectivity index (χ4n) is 2.40. The molecule has 2 aromatic carbocycles. The summed E-state index contributed by atoms with van der Waals surface area (Å²) in [6, 6.07) is 21.0. The highest BCUT2D eigenvalue weighted by molar-refractivity contribution is 5.78. The van der Waals surface area contributed by atoms with Gasteiger partial charge in [0, 0.05) is 0 Å². The zero-order chi connectivity index (χ0) is 16.8. The van der Waals surface area contributed by atoms with Gasteiger partial charge in [-0.15, -0.1) is 0 Å². The van der Waals surface area contributed by atoms with Crippen LogP contribution in [0, 0.1) is 11.3 Å². The molecule has 0 bridgehead atoms. The summed E-state index contributed by atoms with van der Waals surface area (Å²) in [6.07, 6.45) is 1.91. The number of amides is 1. The number of nitrogens with one attached hydrogen (secondary N) is 1. The second-order valence-electron chi connectivity index (χ2n) is 5.42. The van der Waals surface area contributed by atoms with Crippen LogP contribution in [-0.2, 0) is 17.8 Å². The molecule has 3 aromatic rings. The van der Waals surface area contributed by atoms with Gasteiger partial charge in [-0.1, -0.05) is 36.4 Å². The maximum atomic E-state index is 11.9. The molecule has 1 aromatic heterocycles. The molecule has 0 aliphatic heterocycles. The number of nitriles is 1. The van der Waals surface area contributed by atoms with Crippen molar-refractivity contribution in [2.24, 2.45) is 0 Å². The monoisotopic (exact) mass is 316 g/mol. The van der Waals surface area contributed by atoms with Gasteiger partial charge < -0.3 is 9.73 Å². The highest BCUT2D eigenvalue weighted by Crippen LogP contribution is 2.20. The smallest absolute Gasteiger partial charge is 0.224 e. The lowest BCUT2D eigenvalue weighted by molar-refractivity contribution is -0.120. The molecule has 0 aliphatic carbocycles. The van der Waals surface area contributed by atoms with E-state index < -0.39 is 0 Å². The lowest BCUT2D eigenvalue weighted by Crippen LogP contribution is -2.24. The molecule has 0 aliphatic rings. The normalized spacial score (nSPS) is 10.1. The summed E-state index contributed by atoms with van der Waals surface area (Å²) in [6.45, 7) is 0.398. The molecule has 0 saturated heterocycles. The zero-order valence-electron chi connectivity index (χ0n) is 13.0. The average molecular weight is 316 g/mol. The van der Waals surface area contributed by atoms with Crippen molar-refractivity contribution < 1.29 is 9.21 Å². The Balaban J connectivity index is 1.59. The standard InChI is InChI=1S/C20H16N2O2/c21-13-16-5-9-18(10-6-16)17-7-3-15(4-8-17)12-20(23)22-14-19-2-1-11-24-19/h1-11H,12,14H2,(H,22,23). The number of carbonyl (C=O) groups is 1. The van der Waals surface area contributed by atoms with Crippen LogP contribution in [0.3, 0.4) is 0 Å². The third kappa shape index (κ3) is 3.90. The van der Waals surface area contributed by atoms with Crippen molar-refractivity contribution in [3.05, 3.63) is 83.8 Å². The van der Waals surface area contributed by atoms with Gasteiger partial charge in [-0.3, -0.25) is 4.79 Å². The van der Waals surface area contributed by atoms with E-state index in [0.717, 1.165) is 22.5 Å². The average Bonchev–Trinajstić information content (AvgIpc) is 3.14. The molecule has 0 spiro atoms. The molecule has 0 saturated carbocycles. The molecule has 1 heterocycles. The number of nitrogens with zero attached hydrogens (tertiary/aromatic N) is 1. The Hall–Kier alpha value is -3.32. The van der Waals surface area contributed by atoms with E-state index in [4.69, 9.17) is 9.68 Å². The van der Waals surface area contributed by atoms with Gasteiger partial charge in [0.1, 0.15) is 5.76 Å². The fourth-order valence-corrected chi connectivity index (χ4v) is 2.40. The first-order valence-electron chi connectivity index (χ1n) is 7.63. The summed E-state index contributed by atoms with van der Waals surface area (Å²) in [5.74, 6) is 0.692. The molecule has 24 heavy (non-hydrogen) atoms. The molecule has 4 heteroatoms. The molecule has 118 valence electrons. The second kappa shape index (κ2) is 7.30. The number of rotatable bonds is 5. The second-order valence-corrected chi connectivity index (χ2v) is 5.42. The van der Waals surface area contributed by atoms with E-state index in [-0.39, 0.29) is 5.91 Å². The van der Waals surface area contributed by atoms with Gasteiger partial charge in [0.15, 0.2) is 0 Å². The van der Waals surface area contributed by atoms with Crippen molar-refractivity contribution >= 4 is 5.91 Å². The molecule has 0 unspecified atom stereocenters. The molecule has 1 amide bonds. The summed E-state index contributed by atoms with van der Waals surface area (Å²) < 4.78 is 5.18. The Morgan fingerprint density at radius 3 is 2.25 bits per heavy atom. The first-order valence-corrected chi connectivity index (χ1v) is 7.63. The minimum Gasteiger partial charge on any atom is -0.467 e. The van der Waals surface area contributed by atoms with Gasteiger partial charge in [0.2, 0.25) is 5.91 Å². The van der Waals surface area contributed by atoms with Crippen molar-refractivity contribution in [1.29, 1.82) is 5.26 Å². The molecule has 3 rings (SSSR count). The number of hydrogen-bond donors (Lipinski definition) is 1. The number of furan rings is 1. The lowest BCUT2D eigenvalue weighted by atomic mass is 10.0. The number of benzene rings is 2. The van der Waals surface area contributed by atoms with Crippen molar-refractivity contribution in [2.75, 3.05) is 0 Å². The minimum absolute atomic E-state index is 0.0440. The SMILES string of the molecule is N#Cc1ccc(-c2ccc(CC(=O)NCc3ccco3)cc2)cc1. The van der Waals surface area contributed by atoms with Crippen molar-refractivity contribution in [2.45, 2.75) is 13.0 Å². The molecular weight excluding hydrogens is 300 g/mol. The molecule has 4 nitrogen and oxygen atoms in total. The van der Waals surface area contributed by atoms with Crippen LogP contribution in [0.15, 0.2) is 71.3 Å². The van der Waals surface area contributed by atoms with E-state index in [0.29, 0.717) is 18.5 Å². The van der Waals surface area contributed by atoms with Crippen LogP contribution in [0.5, 0.6) is 0 Å². The molecule has 1 N–H and O–H groups in total. The Bertz CT molecular complexity index is 842. The predicted molar refractivity (Wildman–Crippen MR) is 90.9 cm³/mol. The van der Waals surface area contributed by atoms with E-state index in [2.05, 4.69) is 11.4 Å². The molecular formula is C20H16N2O2. The summed E-state index contributed by atoms with van der Waals surface area (Å²) in [5, 5.41) is 11.7. The minimum atomic E-state index is -0.0440. The van der Waals surface area contributed by atoms with Gasteiger partial charge in [-0.25, -0.2) is 0 Å². The van der Waals surface area contributed by atoms with Gasteiger partial charge in [-0.05, 0) is 41.0 Å². The Kier molecular flexibility index (Phi) is 4.73. The summed E-state index contributed by atoms with van der Waals surface area (Å²) in [4.78, 5) is 11.9. The van der Waals surface area contributed by atoms with Gasteiger partial charge >= 0.3 is 0 Å². The lowest BCUT2D eigenvalue weighted by Gasteiger charge is -2.06. The van der Waals surface area contributed by atoms with Crippen LogP contribution in [0.4, 0.5) is 0 Å². The van der Waals surface area contributed by atoms with Crippen LogP contribution in [0.1, 0.15) is 16.9 Å². The Labute approximate surface area is 140 Å². The van der Waals surface area contributed by atoms with Gasteiger partial charge in [0.25, 0.3) is 0 Å². The van der Waals surface area contributed by atoms with Crippen LogP contribution >= 0.6 is 0 Å². The van der Waals surface area contributed by atoms with E-state index in [9.17, 15) is 4.79 Å². The molecule has 0 fully saturated rings. The number of hydrogen-bond acceptors (Lipinski definition) is 3. The van der Waals surface area contributed by atoms with Gasteiger partial charge in [-0.2, -0.15) is 5.26 Å². The maximum absolute atomic E-state index is 11.9. The fraction of sp³-hybridized carbons (Fsp3) is 0.100. The summed E-state index contributed by atoms with van der Waals surface area (Å²) in [7, 11) is 0. The Morgan fingerprint density at radius 1 is 1.00 bits per heavy atom. The highest BCUT2D eigenvalue weighted by atomic mass is 16.3. The van der Waals surface area contributed by atoms with Crippen molar-refractivity contribution in [3.8, 4) is 17.2 Å². The third-order valence-electron chi connectivity index (χ3n) is 3.71. The van der Waals surface area contributed by atoms with Crippen LogP contribution < -0.4 is 5.32 Å². The first-order chi connectivity index (χ1) is 11.7. The quantitative estimate of drug-likeness (QED) is 0.781. The number of carbonyl (C=O) groups excluding carboxylic acids is 1. The van der Waals surface area contributed by atoms with Crippen molar-refractivity contribution in [1.82, 2.24) is 5.32 Å². The van der Waals surface area contributed by atoms with Crippen molar-refractivity contribution in [3.63, 3.8) is 0 Å². The zero-order valence-corrected chi connectivity index (χ0v) is 13.0. The van der Waals surface area contributed by atoms with E-state index in [1.165, 1.54) is 0 Å². The van der Waals surface area contributed by atoms with Crippen LogP contribution in [0.25, 0.3) is 11.1 Å². The first kappa shape index (κ1) is 15.6. The maximum Gasteiger partial charge on any atom is 0.224 e. The molecule has 0 atom stereocenters. The largest absolute Gasteiger partial charge is 0.467 e. The van der Waals surface area contributed by atoms with Crippen LogP contribution in [-0.4, -0.2) is 5.91 Å². The van der Waals surface area contributed by atoms with E-state index in [1.54, 1.807) is 24.5 Å². The topological polar surface area (TPSA) is 66.0 Å². The van der Waals surface area contributed by atoms with E-state index in [1.807, 2.05) is 42.5 Å². The summed E-state index contributed by atoms with van der Waals surface area (Å²) >= 11 is 0. The highest BCUT2D eigenvalue weighted by Gasteiger charge is 2.05. The van der Waals surface area contributed by atoms with Crippen LogP contribution in [0.2, 0.25) is 0 Å². The van der Waals surface area contributed by atoms with E-state index >= 15 is 0 Å². The van der Waals surface area contributed by atoms with Gasteiger partial charge in [0.05, 0.1) is 30.9 Å². The molecule has 0 radical (unpaired) electrons.